The molecule has 4 rings (SSSR count). The molecule has 4 aromatic rings. The van der Waals surface area contributed by atoms with Gasteiger partial charge in [-0.05, 0) is 36.8 Å². The van der Waals surface area contributed by atoms with Crippen molar-refractivity contribution in [1.29, 1.82) is 0 Å². The number of halogens is 3. The minimum absolute atomic E-state index is 0.0518. The first-order valence-electron chi connectivity index (χ1n) is 9.00. The molecule has 2 heterocycles. The maximum absolute atomic E-state index is 13.9. The Labute approximate surface area is 169 Å². The molecule has 0 unspecified atom stereocenters. The fourth-order valence-corrected chi connectivity index (χ4v) is 3.50. The van der Waals surface area contributed by atoms with Gasteiger partial charge in [-0.2, -0.15) is 13.2 Å². The van der Waals surface area contributed by atoms with Gasteiger partial charge in [0.2, 0.25) is 0 Å². The zero-order valence-corrected chi connectivity index (χ0v) is 16.0. The molecule has 0 radical (unpaired) electrons. The van der Waals surface area contributed by atoms with Gasteiger partial charge in [0.15, 0.2) is 0 Å². The van der Waals surface area contributed by atoms with Crippen LogP contribution in [0.2, 0.25) is 0 Å². The molecule has 8 heteroatoms. The number of H-pyrrole nitrogens is 1. The SMILES string of the molecule is COc1ccc(-c2c(C)c(=O)nc3cccc(C(F)(F)F)c3c2-c2ncc[nH]2)cc1. The first-order chi connectivity index (χ1) is 14.3. The van der Waals surface area contributed by atoms with E-state index in [-0.39, 0.29) is 27.9 Å². The van der Waals surface area contributed by atoms with Crippen LogP contribution in [0.3, 0.4) is 0 Å². The molecule has 0 bridgehead atoms. The van der Waals surface area contributed by atoms with E-state index >= 15 is 0 Å². The monoisotopic (exact) mass is 411 g/mol. The Kier molecular flexibility index (Phi) is 4.77. The van der Waals surface area contributed by atoms with E-state index in [9.17, 15) is 18.0 Å². The molecule has 1 N–H and O–H groups in total. The Morgan fingerprint density at radius 3 is 2.37 bits per heavy atom. The highest BCUT2D eigenvalue weighted by atomic mass is 19.4. The molecule has 0 saturated heterocycles. The second-order valence-electron chi connectivity index (χ2n) is 6.66. The lowest BCUT2D eigenvalue weighted by molar-refractivity contribution is -0.136. The Balaban J connectivity index is 2.27. The highest BCUT2D eigenvalue weighted by Gasteiger charge is 2.34. The second-order valence-corrected chi connectivity index (χ2v) is 6.66. The number of nitrogens with one attached hydrogen (secondary N) is 1. The minimum Gasteiger partial charge on any atom is -0.497 e. The zero-order chi connectivity index (χ0) is 21.5. The van der Waals surface area contributed by atoms with Gasteiger partial charge in [-0.3, -0.25) is 4.79 Å². The van der Waals surface area contributed by atoms with Gasteiger partial charge < -0.3 is 9.72 Å². The third-order valence-corrected chi connectivity index (χ3v) is 4.88. The molecular formula is C22H16F3N3O2. The predicted octanol–water partition coefficient (Wildman–Crippen LogP) is 4.99. The fraction of sp³-hybridized carbons (Fsp3) is 0.136. The molecule has 0 spiro atoms. The van der Waals surface area contributed by atoms with Crippen LogP contribution in [0.25, 0.3) is 33.4 Å². The van der Waals surface area contributed by atoms with Crippen LogP contribution in [-0.4, -0.2) is 22.1 Å². The molecule has 5 nitrogen and oxygen atoms in total. The van der Waals surface area contributed by atoms with Gasteiger partial charge in [0.25, 0.3) is 5.56 Å². The number of nitrogens with zero attached hydrogens (tertiary/aromatic N) is 2. The van der Waals surface area contributed by atoms with E-state index < -0.39 is 17.3 Å². The Morgan fingerprint density at radius 1 is 1.03 bits per heavy atom. The van der Waals surface area contributed by atoms with Crippen molar-refractivity contribution in [2.75, 3.05) is 7.11 Å². The van der Waals surface area contributed by atoms with Gasteiger partial charge in [0.05, 0.1) is 18.2 Å². The Morgan fingerprint density at radius 2 is 1.77 bits per heavy atom. The van der Waals surface area contributed by atoms with Crippen LogP contribution in [0.4, 0.5) is 13.2 Å². The van der Waals surface area contributed by atoms with Crippen molar-refractivity contribution in [1.82, 2.24) is 15.0 Å². The lowest BCUT2D eigenvalue weighted by atomic mass is 9.93. The summed E-state index contributed by atoms with van der Waals surface area (Å²) in [6.45, 7) is 1.55. The van der Waals surface area contributed by atoms with Gasteiger partial charge in [0.1, 0.15) is 11.6 Å². The summed E-state index contributed by atoms with van der Waals surface area (Å²) in [5.74, 6) is 0.792. The van der Waals surface area contributed by atoms with Crippen molar-refractivity contribution >= 4 is 10.9 Å². The topological polar surface area (TPSA) is 67.9 Å². The highest BCUT2D eigenvalue weighted by molar-refractivity contribution is 6.02. The first-order valence-corrected chi connectivity index (χ1v) is 9.00. The Hall–Kier alpha value is -3.68. The van der Waals surface area contributed by atoms with Gasteiger partial charge in [-0.15, -0.1) is 0 Å². The van der Waals surface area contributed by atoms with Crippen LogP contribution in [-0.2, 0) is 6.18 Å². The average molecular weight is 411 g/mol. The molecule has 0 aliphatic heterocycles. The number of hydrogen-bond donors (Lipinski definition) is 1. The summed E-state index contributed by atoms with van der Waals surface area (Å²) in [5, 5.41) is -0.184. The van der Waals surface area contributed by atoms with Crippen LogP contribution in [0, 0.1) is 6.92 Å². The molecule has 0 fully saturated rings. The molecule has 152 valence electrons. The number of benzene rings is 2. The standard InChI is InChI=1S/C22H16F3N3O2/c1-12-17(13-6-8-14(30-2)9-7-13)19(20-26-10-11-27-20)18-15(22(23,24)25)4-3-5-16(18)28-21(12)29/h3-11H,1-2H3,(H,26,27). The lowest BCUT2D eigenvalue weighted by Crippen LogP contribution is -2.07. The average Bonchev–Trinajstić information content (AvgIpc) is 3.22. The lowest BCUT2D eigenvalue weighted by Gasteiger charge is -2.14. The van der Waals surface area contributed by atoms with Gasteiger partial charge in [-0.25, -0.2) is 9.97 Å². The number of aromatic nitrogens is 3. The smallest absolute Gasteiger partial charge is 0.417 e. The molecule has 2 aromatic carbocycles. The largest absolute Gasteiger partial charge is 0.497 e. The van der Waals surface area contributed by atoms with E-state index in [1.165, 1.54) is 31.6 Å². The van der Waals surface area contributed by atoms with Gasteiger partial charge in [-0.1, -0.05) is 18.2 Å². The normalized spacial score (nSPS) is 11.6. The molecule has 0 atom stereocenters. The summed E-state index contributed by atoms with van der Waals surface area (Å²) >= 11 is 0. The quantitative estimate of drug-likeness (QED) is 0.516. The zero-order valence-electron chi connectivity index (χ0n) is 16.0. The molecular weight excluding hydrogens is 395 g/mol. The van der Waals surface area contributed by atoms with E-state index in [0.717, 1.165) is 6.07 Å². The third kappa shape index (κ3) is 3.30. The number of aromatic amines is 1. The van der Waals surface area contributed by atoms with E-state index in [4.69, 9.17) is 4.74 Å². The van der Waals surface area contributed by atoms with Crippen molar-refractivity contribution in [2.24, 2.45) is 0 Å². The maximum Gasteiger partial charge on any atom is 0.417 e. The molecule has 0 aliphatic carbocycles. The number of hydrogen-bond acceptors (Lipinski definition) is 4. The van der Waals surface area contributed by atoms with Crippen LogP contribution < -0.4 is 10.3 Å². The van der Waals surface area contributed by atoms with Crippen molar-refractivity contribution < 1.29 is 17.9 Å². The number of ether oxygens (including phenoxy) is 1. The number of imidazole rings is 1. The van der Waals surface area contributed by atoms with Crippen LogP contribution >= 0.6 is 0 Å². The van der Waals surface area contributed by atoms with E-state index in [0.29, 0.717) is 16.9 Å². The van der Waals surface area contributed by atoms with Crippen LogP contribution in [0.1, 0.15) is 11.1 Å². The van der Waals surface area contributed by atoms with Crippen molar-refractivity contribution in [2.45, 2.75) is 13.1 Å². The van der Waals surface area contributed by atoms with Gasteiger partial charge >= 0.3 is 6.18 Å². The molecule has 0 aliphatic rings. The summed E-state index contributed by atoms with van der Waals surface area (Å²) in [6, 6.07) is 10.4. The van der Waals surface area contributed by atoms with Crippen LogP contribution in [0.15, 0.2) is 59.7 Å². The summed E-state index contributed by atoms with van der Waals surface area (Å²) in [6.07, 6.45) is -1.68. The second kappa shape index (κ2) is 7.29. The maximum atomic E-state index is 13.9. The molecule has 30 heavy (non-hydrogen) atoms. The third-order valence-electron chi connectivity index (χ3n) is 4.88. The number of methoxy groups -OCH3 is 1. The predicted molar refractivity (Wildman–Crippen MR) is 107 cm³/mol. The van der Waals surface area contributed by atoms with Crippen molar-refractivity contribution in [3.05, 3.63) is 76.3 Å². The minimum atomic E-state index is -4.65. The first kappa shape index (κ1) is 19.6. The molecule has 0 saturated carbocycles. The number of fused-ring (bicyclic) bond motifs is 1. The molecule has 0 amide bonds. The number of rotatable bonds is 3. The van der Waals surface area contributed by atoms with E-state index in [2.05, 4.69) is 15.0 Å². The van der Waals surface area contributed by atoms with Crippen molar-refractivity contribution in [3.63, 3.8) is 0 Å². The number of alkyl halides is 3. The summed E-state index contributed by atoms with van der Waals surface area (Å²) in [7, 11) is 1.51. The fourth-order valence-electron chi connectivity index (χ4n) is 3.50. The van der Waals surface area contributed by atoms with E-state index in [1.807, 2.05) is 0 Å². The molecule has 2 aromatic heterocycles. The summed E-state index contributed by atoms with van der Waals surface area (Å²) in [4.78, 5) is 23.9. The van der Waals surface area contributed by atoms with E-state index in [1.54, 1.807) is 31.2 Å². The van der Waals surface area contributed by atoms with Crippen molar-refractivity contribution in [3.8, 4) is 28.3 Å². The Bertz CT molecular complexity index is 1280. The van der Waals surface area contributed by atoms with Crippen LogP contribution in [0.5, 0.6) is 5.75 Å². The van der Waals surface area contributed by atoms with Gasteiger partial charge in [0, 0.05) is 34.5 Å². The summed E-state index contributed by atoms with van der Waals surface area (Å²) in [5.41, 5.74) is -0.281. The highest BCUT2D eigenvalue weighted by Crippen LogP contribution is 2.42. The summed E-state index contributed by atoms with van der Waals surface area (Å²) < 4.78 is 47.0.